The molecule has 0 aromatic heterocycles. The van der Waals surface area contributed by atoms with E-state index in [-0.39, 0.29) is 10.9 Å². The van der Waals surface area contributed by atoms with E-state index in [9.17, 15) is 18.3 Å². The summed E-state index contributed by atoms with van der Waals surface area (Å²) in [5.41, 5.74) is 12.2. The summed E-state index contributed by atoms with van der Waals surface area (Å²) in [6.45, 7) is 4.97. The minimum absolute atomic E-state index is 0.142. The first kappa shape index (κ1) is 37.0. The van der Waals surface area contributed by atoms with E-state index >= 15 is 0 Å². The summed E-state index contributed by atoms with van der Waals surface area (Å²) in [6.07, 6.45) is 20.5. The Morgan fingerprint density at radius 2 is 1.27 bits per heavy atom. The molecule has 0 saturated carbocycles. The highest BCUT2D eigenvalue weighted by Crippen LogP contribution is 2.29. The maximum atomic E-state index is 12.3. The Hall–Kier alpha value is -3.23. The fourth-order valence-electron chi connectivity index (χ4n) is 5.36. The minimum atomic E-state index is -4.06. The third kappa shape index (κ3) is 14.5. The molecule has 0 bridgehead atoms. The van der Waals surface area contributed by atoms with E-state index in [2.05, 4.69) is 46.0 Å². The molecule has 0 fully saturated rings. The number of hydrogen-bond donors (Lipinski definition) is 3. The maximum absolute atomic E-state index is 12.3. The first-order chi connectivity index (χ1) is 21.3. The molecule has 2 amide bonds. The van der Waals surface area contributed by atoms with E-state index in [4.69, 9.17) is 5.53 Å². The molecule has 2 rings (SSSR count). The van der Waals surface area contributed by atoms with Crippen LogP contribution < -0.4 is 10.6 Å². The van der Waals surface area contributed by atoms with Gasteiger partial charge in [-0.15, -0.1) is 0 Å². The molecule has 9 nitrogen and oxygen atoms in total. The lowest BCUT2D eigenvalue weighted by atomic mass is 9.94. The van der Waals surface area contributed by atoms with Crippen LogP contribution in [0.3, 0.4) is 0 Å². The van der Waals surface area contributed by atoms with Gasteiger partial charge in [0.2, 0.25) is 0 Å². The largest absolute Gasteiger partial charge is 0.507 e. The molecule has 2 aromatic carbocycles. The van der Waals surface area contributed by atoms with Gasteiger partial charge in [0.25, 0.3) is 10.0 Å². The predicted molar refractivity (Wildman–Crippen MR) is 180 cm³/mol. The van der Waals surface area contributed by atoms with Crippen LogP contribution in [0, 0.1) is 0 Å². The van der Waals surface area contributed by atoms with Crippen LogP contribution in [-0.2, 0) is 29.3 Å². The van der Waals surface area contributed by atoms with E-state index in [1.807, 2.05) is 0 Å². The fraction of sp³-hybridized carbons (Fsp3) is 0.618. The molecule has 44 heavy (non-hydrogen) atoms. The topological polar surface area (TPSA) is 144 Å². The average Bonchev–Trinajstić information content (AvgIpc) is 3.00. The lowest BCUT2D eigenvalue weighted by Gasteiger charge is -2.14. The first-order valence-electron chi connectivity index (χ1n) is 16.6. The number of phenols is 1. The molecular formula is C34H53N5O4S. The number of carbonyl (C=O) groups is 1. The second-order valence-corrected chi connectivity index (χ2v) is 13.2. The standard InChI is InChI=1S/C34H53N5O4S/c1-3-5-7-9-11-13-15-20-30-27-28(26-29(33(30)40)19-14-12-10-8-6-4-2)18-16-17-25-36-34(41)37-31-21-23-32(24-22-31)44(42,43)39-38-35/h21-24,26-27,40H,3-20,25H2,1-2H3,(H2,36,37,41). The smallest absolute Gasteiger partial charge is 0.319 e. The van der Waals surface area contributed by atoms with E-state index in [1.54, 1.807) is 0 Å². The van der Waals surface area contributed by atoms with Crippen LogP contribution in [0.1, 0.15) is 127 Å². The minimum Gasteiger partial charge on any atom is -0.507 e. The third-order valence-corrected chi connectivity index (χ3v) is 9.06. The van der Waals surface area contributed by atoms with Crippen LogP contribution in [-0.4, -0.2) is 26.1 Å². The van der Waals surface area contributed by atoms with Crippen LogP contribution >= 0.6 is 0 Å². The van der Waals surface area contributed by atoms with E-state index in [1.165, 1.54) is 100 Å². The molecule has 10 heteroatoms. The summed E-state index contributed by atoms with van der Waals surface area (Å²) in [5, 5.41) is 16.6. The predicted octanol–water partition coefficient (Wildman–Crippen LogP) is 9.73. The molecule has 0 aliphatic carbocycles. The Labute approximate surface area is 264 Å². The van der Waals surface area contributed by atoms with Crippen molar-refractivity contribution in [2.45, 2.75) is 134 Å². The number of phenolic OH excluding ortho intramolecular Hbond substituents is 1. The van der Waals surface area contributed by atoms with Crippen LogP contribution in [0.15, 0.2) is 45.8 Å². The van der Waals surface area contributed by atoms with Gasteiger partial charge in [-0.1, -0.05) is 96.6 Å². The average molecular weight is 628 g/mol. The highest BCUT2D eigenvalue weighted by molar-refractivity contribution is 7.90. The van der Waals surface area contributed by atoms with Gasteiger partial charge in [0, 0.05) is 21.7 Å². The Morgan fingerprint density at radius 1 is 0.773 bits per heavy atom. The fourth-order valence-corrected chi connectivity index (χ4v) is 6.03. The number of azide groups is 1. The Kier molecular flexibility index (Phi) is 18.0. The maximum Gasteiger partial charge on any atom is 0.319 e. The second-order valence-electron chi connectivity index (χ2n) is 11.7. The monoisotopic (exact) mass is 627 g/mol. The van der Waals surface area contributed by atoms with Gasteiger partial charge in [-0.3, -0.25) is 0 Å². The number of nitrogens with one attached hydrogen (secondary N) is 2. The summed E-state index contributed by atoms with van der Waals surface area (Å²) in [4.78, 5) is 14.5. The van der Waals surface area contributed by atoms with Gasteiger partial charge < -0.3 is 15.7 Å². The van der Waals surface area contributed by atoms with Crippen molar-refractivity contribution in [2.75, 3.05) is 11.9 Å². The van der Waals surface area contributed by atoms with Crippen LogP contribution in [0.25, 0.3) is 10.4 Å². The van der Waals surface area contributed by atoms with Gasteiger partial charge >= 0.3 is 6.03 Å². The SMILES string of the molecule is CCCCCCCCCc1cc(CCCCNC(=O)Nc2ccc(S(=O)(=O)N=[N+]=[N-])cc2)cc(CCCCCCCC)c1O. The summed E-state index contributed by atoms with van der Waals surface area (Å²) in [5.74, 6) is 0.495. The van der Waals surface area contributed by atoms with Crippen LogP contribution in [0.2, 0.25) is 0 Å². The number of nitrogens with zero attached hydrogens (tertiary/aromatic N) is 3. The van der Waals surface area contributed by atoms with Crippen molar-refractivity contribution in [2.24, 2.45) is 4.52 Å². The lowest BCUT2D eigenvalue weighted by Crippen LogP contribution is -2.29. The molecule has 2 aromatic rings. The Bertz CT molecular complexity index is 1280. The molecule has 0 atom stereocenters. The van der Waals surface area contributed by atoms with E-state index in [0.29, 0.717) is 18.0 Å². The number of benzene rings is 2. The zero-order valence-corrected chi connectivity index (χ0v) is 27.6. The van der Waals surface area contributed by atoms with Gasteiger partial charge in [0.1, 0.15) is 5.75 Å². The van der Waals surface area contributed by atoms with Gasteiger partial charge in [-0.2, -0.15) is 0 Å². The number of anilines is 1. The number of amides is 2. The molecule has 244 valence electrons. The zero-order chi connectivity index (χ0) is 32.0. The molecule has 0 aliphatic rings. The zero-order valence-electron chi connectivity index (χ0n) is 26.8. The molecular weight excluding hydrogens is 574 g/mol. The highest BCUT2D eigenvalue weighted by atomic mass is 32.2. The quantitative estimate of drug-likeness (QED) is 0.0487. The van der Waals surface area contributed by atoms with Gasteiger partial charge in [-0.05, 0) is 91.4 Å². The number of sulfonamides is 1. The number of carbonyl (C=O) groups excluding carboxylic acids is 1. The Morgan fingerprint density at radius 3 is 1.80 bits per heavy atom. The van der Waals surface area contributed by atoms with E-state index < -0.39 is 10.0 Å². The van der Waals surface area contributed by atoms with Crippen LogP contribution in [0.5, 0.6) is 5.75 Å². The summed E-state index contributed by atoms with van der Waals surface area (Å²) in [7, 11) is -4.06. The van der Waals surface area contributed by atoms with Gasteiger partial charge in [0.05, 0.1) is 4.90 Å². The molecule has 0 radical (unpaired) electrons. The number of aromatic hydroxyl groups is 1. The highest BCUT2D eigenvalue weighted by Gasteiger charge is 2.13. The summed E-state index contributed by atoms with van der Waals surface area (Å²) >= 11 is 0. The van der Waals surface area contributed by atoms with E-state index in [0.717, 1.165) is 56.1 Å². The van der Waals surface area contributed by atoms with Crippen molar-refractivity contribution < 1.29 is 18.3 Å². The lowest BCUT2D eigenvalue weighted by molar-refractivity contribution is 0.252. The number of aryl methyl sites for hydroxylation is 3. The van der Waals surface area contributed by atoms with Gasteiger partial charge in [0.15, 0.2) is 0 Å². The van der Waals surface area contributed by atoms with Crippen molar-refractivity contribution in [3.8, 4) is 5.75 Å². The van der Waals surface area contributed by atoms with Crippen LogP contribution in [0.4, 0.5) is 10.5 Å². The number of hydrogen-bond acceptors (Lipinski definition) is 4. The molecule has 0 heterocycles. The summed E-state index contributed by atoms with van der Waals surface area (Å²) < 4.78 is 26.4. The molecule has 0 spiro atoms. The van der Waals surface area contributed by atoms with Crippen molar-refractivity contribution in [3.05, 3.63) is 63.5 Å². The molecule has 0 aliphatic heterocycles. The van der Waals surface area contributed by atoms with Crippen molar-refractivity contribution in [1.82, 2.24) is 5.32 Å². The number of rotatable bonds is 23. The Balaban J connectivity index is 1.85. The third-order valence-electron chi connectivity index (χ3n) is 7.91. The molecule has 3 N–H and O–H groups in total. The summed E-state index contributed by atoms with van der Waals surface area (Å²) in [6, 6.07) is 9.43. The van der Waals surface area contributed by atoms with Crippen molar-refractivity contribution in [1.29, 1.82) is 0 Å². The van der Waals surface area contributed by atoms with Crippen molar-refractivity contribution in [3.63, 3.8) is 0 Å². The number of unbranched alkanes of at least 4 members (excludes halogenated alkanes) is 12. The van der Waals surface area contributed by atoms with Gasteiger partial charge in [-0.25, -0.2) is 13.2 Å². The molecule has 0 unspecified atom stereocenters. The first-order valence-corrected chi connectivity index (χ1v) is 18.0. The van der Waals surface area contributed by atoms with Crippen molar-refractivity contribution >= 4 is 21.7 Å². The molecule has 0 saturated heterocycles. The second kappa shape index (κ2) is 21.5. The normalized spacial score (nSPS) is 11.2. The number of urea groups is 1.